The van der Waals surface area contributed by atoms with Crippen molar-refractivity contribution in [3.63, 3.8) is 0 Å². The molecule has 1 saturated carbocycles. The molecule has 120 valence electrons. The molecular weight excluding hydrogens is 282 g/mol. The van der Waals surface area contributed by atoms with Crippen molar-refractivity contribution in [2.45, 2.75) is 58.4 Å². The van der Waals surface area contributed by atoms with Crippen LogP contribution in [0.5, 0.6) is 0 Å². The van der Waals surface area contributed by atoms with Crippen LogP contribution < -0.4 is 5.32 Å². The predicted octanol–water partition coefficient (Wildman–Crippen LogP) is 2.31. The van der Waals surface area contributed by atoms with Crippen LogP contribution in [0.4, 0.5) is 5.82 Å². The number of hydrogen-bond acceptors (Lipinski definition) is 4. The molecule has 22 heavy (non-hydrogen) atoms. The lowest BCUT2D eigenvalue weighted by Gasteiger charge is -2.21. The van der Waals surface area contributed by atoms with E-state index in [0.29, 0.717) is 12.4 Å². The molecule has 2 aliphatic rings. The molecule has 0 radical (unpaired) electrons. The fourth-order valence-corrected chi connectivity index (χ4v) is 3.06. The molecular formula is C16H23N3O3. The first-order valence-electron chi connectivity index (χ1n) is 7.76. The first kappa shape index (κ1) is 15.1. The van der Waals surface area contributed by atoms with Gasteiger partial charge in [-0.25, -0.2) is 0 Å². The molecule has 1 aliphatic carbocycles. The highest BCUT2D eigenvalue weighted by molar-refractivity contribution is 5.96. The Kier molecular flexibility index (Phi) is 3.30. The number of nitrogens with zero attached hydrogens (tertiary/aromatic N) is 2. The number of hydrogen-bond donors (Lipinski definition) is 1. The van der Waals surface area contributed by atoms with Crippen LogP contribution in [0.2, 0.25) is 0 Å². The van der Waals surface area contributed by atoms with Crippen molar-refractivity contribution >= 4 is 17.6 Å². The van der Waals surface area contributed by atoms with Gasteiger partial charge in [-0.1, -0.05) is 25.9 Å². The van der Waals surface area contributed by atoms with Crippen molar-refractivity contribution in [1.29, 1.82) is 0 Å². The molecule has 0 unspecified atom stereocenters. The molecule has 3 rings (SSSR count). The van der Waals surface area contributed by atoms with E-state index in [1.807, 2.05) is 20.8 Å². The van der Waals surface area contributed by atoms with E-state index in [1.165, 1.54) is 6.92 Å². The SMILES string of the molecule is CC(=O)N1CC2(CC2)C[C@H]1C(=O)Nc1cc(C(C)(C)C)on1. The first-order valence-corrected chi connectivity index (χ1v) is 7.76. The summed E-state index contributed by atoms with van der Waals surface area (Å²) in [4.78, 5) is 26.0. The lowest BCUT2D eigenvalue weighted by molar-refractivity contribution is -0.134. The summed E-state index contributed by atoms with van der Waals surface area (Å²) in [5, 5.41) is 6.69. The van der Waals surface area contributed by atoms with Gasteiger partial charge in [0.25, 0.3) is 0 Å². The molecule has 6 heteroatoms. The van der Waals surface area contributed by atoms with E-state index in [0.717, 1.165) is 25.0 Å². The Morgan fingerprint density at radius 1 is 1.41 bits per heavy atom. The van der Waals surface area contributed by atoms with Crippen LogP contribution in [-0.4, -0.2) is 34.5 Å². The topological polar surface area (TPSA) is 75.4 Å². The van der Waals surface area contributed by atoms with Gasteiger partial charge in [-0.05, 0) is 24.7 Å². The lowest BCUT2D eigenvalue weighted by atomic mass is 9.93. The summed E-state index contributed by atoms with van der Waals surface area (Å²) in [5.74, 6) is 0.915. The summed E-state index contributed by atoms with van der Waals surface area (Å²) >= 11 is 0. The summed E-state index contributed by atoms with van der Waals surface area (Å²) in [5.41, 5.74) is 0.0287. The molecule has 6 nitrogen and oxygen atoms in total. The van der Waals surface area contributed by atoms with Crippen LogP contribution in [0.15, 0.2) is 10.6 Å². The van der Waals surface area contributed by atoms with E-state index in [1.54, 1.807) is 11.0 Å². The highest BCUT2D eigenvalue weighted by Gasteiger charge is 2.54. The fraction of sp³-hybridized carbons (Fsp3) is 0.688. The van der Waals surface area contributed by atoms with Crippen molar-refractivity contribution in [2.75, 3.05) is 11.9 Å². The Morgan fingerprint density at radius 3 is 2.59 bits per heavy atom. The molecule has 1 atom stereocenters. The van der Waals surface area contributed by atoms with Crippen molar-refractivity contribution < 1.29 is 14.1 Å². The monoisotopic (exact) mass is 305 g/mol. The Balaban J connectivity index is 1.71. The van der Waals surface area contributed by atoms with E-state index in [9.17, 15) is 9.59 Å². The van der Waals surface area contributed by atoms with Gasteiger partial charge in [0.15, 0.2) is 5.82 Å². The number of amides is 2. The maximum absolute atomic E-state index is 12.5. The number of carbonyl (C=O) groups is 2. The molecule has 1 spiro atoms. The number of nitrogens with one attached hydrogen (secondary N) is 1. The van der Waals surface area contributed by atoms with E-state index in [2.05, 4.69) is 10.5 Å². The van der Waals surface area contributed by atoms with E-state index in [-0.39, 0.29) is 22.6 Å². The fourth-order valence-electron chi connectivity index (χ4n) is 3.06. The molecule has 1 aromatic rings. The zero-order chi connectivity index (χ0) is 16.1. The maximum Gasteiger partial charge on any atom is 0.248 e. The van der Waals surface area contributed by atoms with Gasteiger partial charge in [0.05, 0.1) is 0 Å². The highest BCUT2D eigenvalue weighted by Crippen LogP contribution is 2.54. The van der Waals surface area contributed by atoms with Gasteiger partial charge < -0.3 is 14.7 Å². The Bertz CT molecular complexity index is 610. The average molecular weight is 305 g/mol. The first-order chi connectivity index (χ1) is 10.2. The van der Waals surface area contributed by atoms with Gasteiger partial charge >= 0.3 is 0 Å². The molecule has 0 aromatic carbocycles. The van der Waals surface area contributed by atoms with Crippen LogP contribution in [0.1, 0.15) is 52.7 Å². The molecule has 1 aliphatic heterocycles. The molecule has 1 saturated heterocycles. The van der Waals surface area contributed by atoms with Gasteiger partial charge in [0, 0.05) is 24.9 Å². The maximum atomic E-state index is 12.5. The molecule has 2 heterocycles. The Hall–Kier alpha value is -1.85. The zero-order valence-corrected chi connectivity index (χ0v) is 13.6. The second kappa shape index (κ2) is 4.83. The minimum atomic E-state index is -0.394. The van der Waals surface area contributed by atoms with Crippen LogP contribution >= 0.6 is 0 Å². The van der Waals surface area contributed by atoms with Crippen LogP contribution in [0, 0.1) is 5.41 Å². The van der Waals surface area contributed by atoms with Gasteiger partial charge in [0.1, 0.15) is 11.8 Å². The molecule has 1 N–H and O–H groups in total. The minimum Gasteiger partial charge on any atom is -0.359 e. The molecule has 0 bridgehead atoms. The number of rotatable bonds is 2. The minimum absolute atomic E-state index is 0.0422. The van der Waals surface area contributed by atoms with E-state index < -0.39 is 6.04 Å². The average Bonchev–Trinajstić information content (AvgIpc) is 2.84. The van der Waals surface area contributed by atoms with E-state index in [4.69, 9.17) is 4.52 Å². The van der Waals surface area contributed by atoms with Crippen LogP contribution in [0.3, 0.4) is 0 Å². The smallest absolute Gasteiger partial charge is 0.248 e. The predicted molar refractivity (Wildman–Crippen MR) is 81.3 cm³/mol. The zero-order valence-electron chi connectivity index (χ0n) is 13.6. The third kappa shape index (κ3) is 2.74. The van der Waals surface area contributed by atoms with Crippen LogP contribution in [-0.2, 0) is 15.0 Å². The van der Waals surface area contributed by atoms with Crippen molar-refractivity contribution in [3.05, 3.63) is 11.8 Å². The van der Waals surface area contributed by atoms with Crippen LogP contribution in [0.25, 0.3) is 0 Å². The van der Waals surface area contributed by atoms with E-state index >= 15 is 0 Å². The third-order valence-corrected chi connectivity index (χ3v) is 4.67. The molecule has 2 fully saturated rings. The largest absolute Gasteiger partial charge is 0.359 e. The van der Waals surface area contributed by atoms with Gasteiger partial charge in [-0.15, -0.1) is 0 Å². The summed E-state index contributed by atoms with van der Waals surface area (Å²) in [7, 11) is 0. The van der Waals surface area contributed by atoms with Gasteiger partial charge in [-0.2, -0.15) is 0 Å². The van der Waals surface area contributed by atoms with Gasteiger partial charge in [0.2, 0.25) is 11.8 Å². The summed E-state index contributed by atoms with van der Waals surface area (Å²) in [6.07, 6.45) is 2.97. The summed E-state index contributed by atoms with van der Waals surface area (Å²) in [6, 6.07) is 1.35. The Morgan fingerprint density at radius 2 is 2.09 bits per heavy atom. The molecule has 2 amide bonds. The van der Waals surface area contributed by atoms with Crippen molar-refractivity contribution in [3.8, 4) is 0 Å². The third-order valence-electron chi connectivity index (χ3n) is 4.67. The summed E-state index contributed by atoms with van der Waals surface area (Å²) in [6.45, 7) is 8.28. The number of anilines is 1. The normalized spacial score (nSPS) is 22.9. The lowest BCUT2D eigenvalue weighted by Crippen LogP contribution is -2.42. The van der Waals surface area contributed by atoms with Crippen molar-refractivity contribution in [1.82, 2.24) is 10.1 Å². The number of aromatic nitrogens is 1. The second-order valence-corrected chi connectivity index (χ2v) is 7.68. The highest BCUT2D eigenvalue weighted by atomic mass is 16.5. The quantitative estimate of drug-likeness (QED) is 0.909. The molecule has 1 aromatic heterocycles. The standard InChI is InChI=1S/C16H23N3O3/c1-10(20)19-9-16(5-6-16)8-11(19)14(21)17-13-7-12(22-18-13)15(2,3)4/h7,11H,5-6,8-9H2,1-4H3,(H,17,18,21)/t11-/m0/s1. The van der Waals surface area contributed by atoms with Crippen molar-refractivity contribution in [2.24, 2.45) is 5.41 Å². The Labute approximate surface area is 130 Å². The summed E-state index contributed by atoms with van der Waals surface area (Å²) < 4.78 is 5.27. The number of likely N-dealkylation sites (tertiary alicyclic amines) is 1. The number of carbonyl (C=O) groups excluding carboxylic acids is 2. The van der Waals surface area contributed by atoms with Gasteiger partial charge in [-0.3, -0.25) is 9.59 Å². The second-order valence-electron chi connectivity index (χ2n) is 7.68.